The summed E-state index contributed by atoms with van der Waals surface area (Å²) in [6, 6.07) is 12.7. The van der Waals surface area contributed by atoms with Crippen molar-refractivity contribution in [1.29, 1.82) is 0 Å². The summed E-state index contributed by atoms with van der Waals surface area (Å²) < 4.78 is 0. The number of amides is 1. The number of hydrogen-bond acceptors (Lipinski definition) is 5. The number of pyridine rings is 1. The van der Waals surface area contributed by atoms with E-state index in [-0.39, 0.29) is 5.91 Å². The van der Waals surface area contributed by atoms with Crippen LogP contribution in [0.2, 0.25) is 0 Å². The molecule has 1 aliphatic carbocycles. The number of hydrogen-bond donors (Lipinski definition) is 2. The van der Waals surface area contributed by atoms with E-state index in [9.17, 15) is 4.79 Å². The van der Waals surface area contributed by atoms with Gasteiger partial charge in [-0.2, -0.15) is 0 Å². The van der Waals surface area contributed by atoms with E-state index in [1.54, 1.807) is 0 Å². The molecule has 3 heterocycles. The van der Waals surface area contributed by atoms with Gasteiger partial charge in [-0.05, 0) is 67.9 Å². The third-order valence-electron chi connectivity index (χ3n) is 6.98. The number of piperidine rings is 1. The number of fused-ring (bicyclic) bond motifs is 2. The molecule has 6 heteroatoms. The van der Waals surface area contributed by atoms with Crippen molar-refractivity contribution >= 4 is 38.8 Å². The van der Waals surface area contributed by atoms with Crippen molar-refractivity contribution in [3.05, 3.63) is 52.5 Å². The van der Waals surface area contributed by atoms with Crippen LogP contribution in [0.15, 0.2) is 36.4 Å². The van der Waals surface area contributed by atoms with E-state index < -0.39 is 0 Å². The number of carbonyl (C=O) groups is 1. The summed E-state index contributed by atoms with van der Waals surface area (Å²) in [5.41, 5.74) is 10.2. The minimum absolute atomic E-state index is 0.116. The van der Waals surface area contributed by atoms with Gasteiger partial charge in [0.05, 0.1) is 5.69 Å². The Hall–Kier alpha value is -2.60. The van der Waals surface area contributed by atoms with E-state index in [0.717, 1.165) is 34.2 Å². The Morgan fingerprint density at radius 3 is 2.81 bits per heavy atom. The third kappa shape index (κ3) is 4.13. The zero-order valence-electron chi connectivity index (χ0n) is 18.1. The fourth-order valence-corrected chi connectivity index (χ4v) is 6.25. The van der Waals surface area contributed by atoms with Crippen molar-refractivity contribution in [3.8, 4) is 0 Å². The molecule has 1 saturated carbocycles. The monoisotopic (exact) mass is 434 g/mol. The average molecular weight is 435 g/mol. The third-order valence-corrected chi connectivity index (χ3v) is 8.10. The minimum Gasteiger partial charge on any atom is -0.397 e. The van der Waals surface area contributed by atoms with Gasteiger partial charge >= 0.3 is 0 Å². The molecule has 0 unspecified atom stereocenters. The number of aromatic nitrogens is 1. The van der Waals surface area contributed by atoms with Gasteiger partial charge < -0.3 is 16.0 Å². The largest absolute Gasteiger partial charge is 0.397 e. The number of nitrogen functional groups attached to an aromatic ring is 1. The van der Waals surface area contributed by atoms with Gasteiger partial charge in [-0.1, -0.05) is 25.0 Å². The molecule has 2 fully saturated rings. The van der Waals surface area contributed by atoms with Crippen LogP contribution in [0.5, 0.6) is 0 Å². The Balaban J connectivity index is 1.16. The van der Waals surface area contributed by atoms with Gasteiger partial charge in [0.25, 0.3) is 5.91 Å². The highest BCUT2D eigenvalue weighted by atomic mass is 32.1. The molecule has 0 radical (unpaired) electrons. The summed E-state index contributed by atoms with van der Waals surface area (Å²) in [6.45, 7) is 4.93. The Kier molecular flexibility index (Phi) is 5.57. The highest BCUT2D eigenvalue weighted by Crippen LogP contribution is 2.39. The Morgan fingerprint density at radius 1 is 1.16 bits per heavy atom. The molecular formula is C25H30N4OS. The number of carbonyl (C=O) groups excluding carboxylic acids is 1. The number of nitrogens with zero attached hydrogens (tertiary/aromatic N) is 2. The summed E-state index contributed by atoms with van der Waals surface area (Å²) in [7, 11) is 0. The topological polar surface area (TPSA) is 71.2 Å². The summed E-state index contributed by atoms with van der Waals surface area (Å²) in [5, 5.41) is 3.88. The Labute approximate surface area is 187 Å². The lowest BCUT2D eigenvalue weighted by Gasteiger charge is -2.36. The van der Waals surface area contributed by atoms with Crippen LogP contribution in [0.25, 0.3) is 10.2 Å². The van der Waals surface area contributed by atoms with Gasteiger partial charge in [0, 0.05) is 36.4 Å². The van der Waals surface area contributed by atoms with Crippen LogP contribution >= 0.6 is 11.3 Å². The number of nitrogens with one attached hydrogen (secondary N) is 1. The molecular weight excluding hydrogens is 404 g/mol. The van der Waals surface area contributed by atoms with Crippen LogP contribution in [0.3, 0.4) is 0 Å². The summed E-state index contributed by atoms with van der Waals surface area (Å²) >= 11 is 1.36. The van der Waals surface area contributed by atoms with Crippen molar-refractivity contribution in [1.82, 2.24) is 10.3 Å². The second kappa shape index (κ2) is 8.50. The van der Waals surface area contributed by atoms with Crippen molar-refractivity contribution in [2.75, 3.05) is 30.3 Å². The molecule has 162 valence electrons. The summed E-state index contributed by atoms with van der Waals surface area (Å²) in [5.74, 6) is 1.74. The maximum Gasteiger partial charge on any atom is 0.263 e. The second-order valence-electron chi connectivity index (χ2n) is 9.01. The zero-order chi connectivity index (χ0) is 21.4. The predicted molar refractivity (Wildman–Crippen MR) is 129 cm³/mol. The summed E-state index contributed by atoms with van der Waals surface area (Å²) in [4.78, 5) is 21.1. The van der Waals surface area contributed by atoms with E-state index in [1.165, 1.54) is 61.4 Å². The molecule has 2 aromatic heterocycles. The fraction of sp³-hybridized carbons (Fsp3) is 0.440. The van der Waals surface area contributed by atoms with Gasteiger partial charge in [-0.25, -0.2) is 4.98 Å². The molecule has 2 atom stereocenters. The molecule has 31 heavy (non-hydrogen) atoms. The van der Waals surface area contributed by atoms with Crippen LogP contribution in [0, 0.1) is 18.8 Å². The van der Waals surface area contributed by atoms with E-state index in [2.05, 4.69) is 39.5 Å². The standard InChI is InChI=1S/C25H30N4OS/c1-16-5-10-21-22(26)23(31-25(21)28-16)24(30)27-13-11-17-6-8-20(9-7-17)29-14-12-18-3-2-4-19(18)15-29/h5-10,18-19H,2-4,11-15,26H2,1H3,(H,27,30)/t18-,19+/m1/s1. The highest BCUT2D eigenvalue weighted by molar-refractivity contribution is 7.21. The maximum atomic E-state index is 12.6. The molecule has 3 aromatic rings. The van der Waals surface area contributed by atoms with E-state index >= 15 is 0 Å². The van der Waals surface area contributed by atoms with Gasteiger partial charge in [0.1, 0.15) is 9.71 Å². The number of benzene rings is 1. The first kappa shape index (κ1) is 20.3. The zero-order valence-corrected chi connectivity index (χ0v) is 18.9. The molecule has 0 bridgehead atoms. The molecule has 2 aliphatic rings. The van der Waals surface area contributed by atoms with E-state index in [1.807, 2.05) is 19.1 Å². The number of aryl methyl sites for hydroxylation is 1. The molecule has 0 spiro atoms. The molecule has 3 N–H and O–H groups in total. The van der Waals surface area contributed by atoms with Crippen molar-refractivity contribution < 1.29 is 4.79 Å². The first-order valence-electron chi connectivity index (χ1n) is 11.4. The lowest BCUT2D eigenvalue weighted by molar-refractivity contribution is 0.0959. The Bertz CT molecular complexity index is 1090. The minimum atomic E-state index is -0.116. The number of rotatable bonds is 5. The van der Waals surface area contributed by atoms with Crippen LogP contribution in [0.4, 0.5) is 11.4 Å². The lowest BCUT2D eigenvalue weighted by Crippen LogP contribution is -2.38. The number of thiophene rings is 1. The summed E-state index contributed by atoms with van der Waals surface area (Å²) in [6.07, 6.45) is 6.40. The molecule has 1 amide bonds. The molecule has 5 nitrogen and oxygen atoms in total. The lowest BCUT2D eigenvalue weighted by atomic mass is 9.88. The normalized spacial score (nSPS) is 20.7. The van der Waals surface area contributed by atoms with Crippen LogP contribution in [0.1, 0.15) is 46.6 Å². The predicted octanol–water partition coefficient (Wildman–Crippen LogP) is 4.79. The molecule has 1 aliphatic heterocycles. The Morgan fingerprint density at radius 2 is 1.97 bits per heavy atom. The fourth-order valence-electron chi connectivity index (χ4n) is 5.20. The van der Waals surface area contributed by atoms with Gasteiger partial charge in [0.2, 0.25) is 0 Å². The van der Waals surface area contributed by atoms with Crippen LogP contribution < -0.4 is 16.0 Å². The van der Waals surface area contributed by atoms with Gasteiger partial charge in [0.15, 0.2) is 0 Å². The van der Waals surface area contributed by atoms with Crippen molar-refractivity contribution in [2.24, 2.45) is 11.8 Å². The first-order valence-corrected chi connectivity index (χ1v) is 12.2. The molecule has 5 rings (SSSR count). The number of anilines is 2. The number of nitrogens with two attached hydrogens (primary N) is 1. The second-order valence-corrected chi connectivity index (χ2v) is 10.0. The quantitative estimate of drug-likeness (QED) is 0.606. The van der Waals surface area contributed by atoms with E-state index in [4.69, 9.17) is 5.73 Å². The average Bonchev–Trinajstić information content (AvgIpc) is 3.37. The molecule has 1 aromatic carbocycles. The van der Waals surface area contributed by atoms with Gasteiger partial charge in [-0.3, -0.25) is 4.79 Å². The van der Waals surface area contributed by atoms with Crippen molar-refractivity contribution in [3.63, 3.8) is 0 Å². The first-order chi connectivity index (χ1) is 15.1. The van der Waals surface area contributed by atoms with Gasteiger partial charge in [-0.15, -0.1) is 11.3 Å². The highest BCUT2D eigenvalue weighted by Gasteiger charge is 2.32. The smallest absolute Gasteiger partial charge is 0.263 e. The van der Waals surface area contributed by atoms with E-state index in [0.29, 0.717) is 17.1 Å². The SMILES string of the molecule is Cc1ccc2c(N)c(C(=O)NCCc3ccc(N4CC[C@H]5CCC[C@H]5C4)cc3)sc2n1. The van der Waals surface area contributed by atoms with Crippen LogP contribution in [-0.4, -0.2) is 30.5 Å². The molecule has 1 saturated heterocycles. The van der Waals surface area contributed by atoms with Crippen molar-refractivity contribution in [2.45, 2.75) is 39.0 Å². The van der Waals surface area contributed by atoms with Crippen LogP contribution in [-0.2, 0) is 6.42 Å². The maximum absolute atomic E-state index is 12.6.